The van der Waals surface area contributed by atoms with Gasteiger partial charge in [-0.3, -0.25) is 19.4 Å². The molecule has 34 heavy (non-hydrogen) atoms. The van der Waals surface area contributed by atoms with Gasteiger partial charge in [0.15, 0.2) is 0 Å². The van der Waals surface area contributed by atoms with Gasteiger partial charge in [0, 0.05) is 22.5 Å². The average Bonchev–Trinajstić information content (AvgIpc) is 3.04. The Balaban J connectivity index is 1.60. The van der Waals surface area contributed by atoms with Gasteiger partial charge in [-0.25, -0.2) is 0 Å². The Morgan fingerprint density at radius 3 is 2.50 bits per heavy atom. The quantitative estimate of drug-likeness (QED) is 0.552. The summed E-state index contributed by atoms with van der Waals surface area (Å²) in [6.07, 6.45) is 2.39. The SMILES string of the molecule is Cc1ccccc1C(=O)Nc1ccc(C(=O)N2c3ccccc3CCCC2N(C)CC#N)cc1. The Bertz CT molecular complexity index is 1230. The molecule has 1 heterocycles. The minimum absolute atomic E-state index is 0.124. The standard InChI is InChI=1S/C28H28N4O2/c1-20-8-3-5-11-24(20)27(33)30-23-16-14-22(15-17-23)28(34)32-25-12-6-4-9-21(25)10-7-13-26(32)31(2)19-18-29/h3-6,8-9,11-12,14-17,26H,7,10,13,19H2,1-2H3,(H,30,33). The molecule has 6 nitrogen and oxygen atoms in total. The molecule has 0 saturated carbocycles. The van der Waals surface area contributed by atoms with Crippen molar-refractivity contribution in [1.29, 1.82) is 5.26 Å². The van der Waals surface area contributed by atoms with E-state index in [2.05, 4.69) is 17.5 Å². The zero-order valence-electron chi connectivity index (χ0n) is 19.5. The molecule has 0 aliphatic carbocycles. The summed E-state index contributed by atoms with van der Waals surface area (Å²) < 4.78 is 0. The van der Waals surface area contributed by atoms with Crippen molar-refractivity contribution in [2.24, 2.45) is 0 Å². The van der Waals surface area contributed by atoms with Gasteiger partial charge < -0.3 is 5.32 Å². The van der Waals surface area contributed by atoms with Crippen LogP contribution in [0.25, 0.3) is 0 Å². The first-order valence-electron chi connectivity index (χ1n) is 11.5. The Labute approximate surface area is 200 Å². The number of carbonyl (C=O) groups excluding carboxylic acids is 2. The molecule has 3 aromatic carbocycles. The van der Waals surface area contributed by atoms with Crippen LogP contribution < -0.4 is 10.2 Å². The van der Waals surface area contributed by atoms with Crippen LogP contribution in [0.15, 0.2) is 72.8 Å². The molecule has 1 unspecified atom stereocenters. The molecule has 2 amide bonds. The third-order valence-electron chi connectivity index (χ3n) is 6.28. The Morgan fingerprint density at radius 2 is 1.76 bits per heavy atom. The number of nitriles is 1. The molecule has 0 aromatic heterocycles. The Kier molecular flexibility index (Phi) is 7.05. The zero-order chi connectivity index (χ0) is 24.1. The number of benzene rings is 3. The van der Waals surface area contributed by atoms with Gasteiger partial charge in [0.2, 0.25) is 0 Å². The fourth-order valence-corrected chi connectivity index (χ4v) is 4.46. The van der Waals surface area contributed by atoms with E-state index in [1.165, 1.54) is 0 Å². The van der Waals surface area contributed by atoms with Crippen molar-refractivity contribution in [3.05, 3.63) is 95.1 Å². The number of hydrogen-bond donors (Lipinski definition) is 1. The second-order valence-electron chi connectivity index (χ2n) is 8.60. The number of hydrogen-bond acceptors (Lipinski definition) is 4. The van der Waals surface area contributed by atoms with Gasteiger partial charge in [-0.1, -0.05) is 36.4 Å². The molecule has 1 atom stereocenters. The van der Waals surface area contributed by atoms with Crippen molar-refractivity contribution < 1.29 is 9.59 Å². The number of amides is 2. The zero-order valence-corrected chi connectivity index (χ0v) is 19.5. The second-order valence-corrected chi connectivity index (χ2v) is 8.60. The van der Waals surface area contributed by atoms with Crippen LogP contribution in [0.2, 0.25) is 0 Å². The molecule has 1 aliphatic rings. The van der Waals surface area contributed by atoms with Crippen LogP contribution in [0.3, 0.4) is 0 Å². The molecule has 0 fully saturated rings. The average molecular weight is 453 g/mol. The molecule has 1 N–H and O–H groups in total. The van der Waals surface area contributed by atoms with Crippen molar-refractivity contribution in [3.8, 4) is 6.07 Å². The van der Waals surface area contributed by atoms with E-state index in [0.717, 1.165) is 36.1 Å². The van der Waals surface area contributed by atoms with Gasteiger partial charge >= 0.3 is 0 Å². The Hall–Kier alpha value is -3.95. The van der Waals surface area contributed by atoms with Gasteiger partial charge in [-0.05, 0) is 80.8 Å². The first kappa shape index (κ1) is 23.2. The monoisotopic (exact) mass is 452 g/mol. The maximum Gasteiger partial charge on any atom is 0.259 e. The number of nitrogens with zero attached hydrogens (tertiary/aromatic N) is 3. The smallest absolute Gasteiger partial charge is 0.259 e. The minimum atomic E-state index is -0.212. The predicted octanol–water partition coefficient (Wildman–Crippen LogP) is 5.01. The van der Waals surface area contributed by atoms with Crippen molar-refractivity contribution in [1.82, 2.24) is 4.90 Å². The first-order valence-corrected chi connectivity index (χ1v) is 11.5. The first-order chi connectivity index (χ1) is 16.5. The summed E-state index contributed by atoms with van der Waals surface area (Å²) in [5.74, 6) is -0.308. The van der Waals surface area contributed by atoms with Crippen LogP contribution >= 0.6 is 0 Å². The van der Waals surface area contributed by atoms with Crippen molar-refractivity contribution >= 4 is 23.2 Å². The number of rotatable bonds is 5. The molecule has 0 saturated heterocycles. The van der Waals surface area contributed by atoms with Gasteiger partial charge in [0.1, 0.15) is 0 Å². The second kappa shape index (κ2) is 10.3. The lowest BCUT2D eigenvalue weighted by molar-refractivity contribution is 0.0940. The van der Waals surface area contributed by atoms with Crippen LogP contribution in [0.4, 0.5) is 11.4 Å². The minimum Gasteiger partial charge on any atom is -0.322 e. The van der Waals surface area contributed by atoms with Crippen LogP contribution in [0.5, 0.6) is 0 Å². The number of nitrogens with one attached hydrogen (secondary N) is 1. The highest BCUT2D eigenvalue weighted by Gasteiger charge is 2.32. The summed E-state index contributed by atoms with van der Waals surface area (Å²) in [5.41, 5.74) is 4.69. The number of fused-ring (bicyclic) bond motifs is 1. The van der Waals surface area contributed by atoms with Crippen LogP contribution in [0, 0.1) is 18.3 Å². The molecular formula is C28H28N4O2. The lowest BCUT2D eigenvalue weighted by Crippen LogP contribution is -2.49. The summed E-state index contributed by atoms with van der Waals surface area (Å²) in [5, 5.41) is 12.2. The molecule has 0 spiro atoms. The fraction of sp³-hybridized carbons (Fsp3) is 0.250. The van der Waals surface area contributed by atoms with Crippen LogP contribution in [-0.4, -0.2) is 36.5 Å². The molecule has 6 heteroatoms. The molecule has 0 radical (unpaired) electrons. The summed E-state index contributed by atoms with van der Waals surface area (Å²) in [4.78, 5) is 30.1. The van der Waals surface area contributed by atoms with Crippen LogP contribution in [0.1, 0.15) is 44.7 Å². The molecule has 1 aliphatic heterocycles. The van der Waals surface area contributed by atoms with Crippen molar-refractivity contribution in [2.45, 2.75) is 32.4 Å². The van der Waals surface area contributed by atoms with Gasteiger partial charge in [0.25, 0.3) is 11.8 Å². The summed E-state index contributed by atoms with van der Waals surface area (Å²) >= 11 is 0. The third kappa shape index (κ3) is 4.85. The molecular weight excluding hydrogens is 424 g/mol. The maximum absolute atomic E-state index is 13.8. The topological polar surface area (TPSA) is 76.4 Å². The normalized spacial score (nSPS) is 15.2. The highest BCUT2D eigenvalue weighted by atomic mass is 16.2. The van der Waals surface area contributed by atoms with Gasteiger partial charge in [-0.15, -0.1) is 0 Å². The number of carbonyl (C=O) groups is 2. The van der Waals surface area contributed by atoms with E-state index < -0.39 is 0 Å². The molecule has 0 bridgehead atoms. The summed E-state index contributed by atoms with van der Waals surface area (Å²) in [7, 11) is 1.88. The van der Waals surface area contributed by atoms with E-state index in [4.69, 9.17) is 0 Å². The summed E-state index contributed by atoms with van der Waals surface area (Å²) in [6, 6.07) is 24.6. The Morgan fingerprint density at radius 1 is 1.06 bits per heavy atom. The lowest BCUT2D eigenvalue weighted by Gasteiger charge is -2.36. The van der Waals surface area contributed by atoms with Crippen LogP contribution in [-0.2, 0) is 6.42 Å². The summed E-state index contributed by atoms with van der Waals surface area (Å²) in [6.45, 7) is 2.13. The van der Waals surface area contributed by atoms with E-state index in [-0.39, 0.29) is 24.5 Å². The van der Waals surface area contributed by atoms with E-state index in [1.807, 2.05) is 60.2 Å². The van der Waals surface area contributed by atoms with Gasteiger partial charge in [0.05, 0.1) is 18.8 Å². The van der Waals surface area contributed by atoms with E-state index >= 15 is 0 Å². The highest BCUT2D eigenvalue weighted by Crippen LogP contribution is 2.32. The van der Waals surface area contributed by atoms with Crippen molar-refractivity contribution in [3.63, 3.8) is 0 Å². The van der Waals surface area contributed by atoms with E-state index in [1.54, 1.807) is 30.3 Å². The van der Waals surface area contributed by atoms with E-state index in [0.29, 0.717) is 16.8 Å². The number of anilines is 2. The van der Waals surface area contributed by atoms with Crippen molar-refractivity contribution in [2.75, 3.05) is 23.8 Å². The molecule has 3 aromatic rings. The predicted molar refractivity (Wildman–Crippen MR) is 134 cm³/mol. The number of aryl methyl sites for hydroxylation is 2. The highest BCUT2D eigenvalue weighted by molar-refractivity contribution is 6.08. The molecule has 4 rings (SSSR count). The molecule has 172 valence electrons. The number of para-hydroxylation sites is 1. The largest absolute Gasteiger partial charge is 0.322 e. The van der Waals surface area contributed by atoms with Gasteiger partial charge in [-0.2, -0.15) is 5.26 Å². The maximum atomic E-state index is 13.8. The lowest BCUT2D eigenvalue weighted by atomic mass is 10.1. The fourth-order valence-electron chi connectivity index (χ4n) is 4.46. The third-order valence-corrected chi connectivity index (χ3v) is 6.28. The van der Waals surface area contributed by atoms with E-state index in [9.17, 15) is 14.9 Å².